The Morgan fingerprint density at radius 1 is 1.35 bits per heavy atom. The van der Waals surface area contributed by atoms with Crippen LogP contribution in [0.15, 0.2) is 0 Å². The molecule has 0 aromatic heterocycles. The van der Waals surface area contributed by atoms with Crippen LogP contribution in [0.2, 0.25) is 0 Å². The summed E-state index contributed by atoms with van der Waals surface area (Å²) >= 11 is 2.15. The maximum Gasteiger partial charge on any atom is 0.0339 e. The van der Waals surface area contributed by atoms with Gasteiger partial charge < -0.3 is 10.2 Å². The molecule has 2 unspecified atom stereocenters. The minimum atomic E-state index is 0.746. The topological polar surface area (TPSA) is 15.3 Å². The van der Waals surface area contributed by atoms with Crippen LogP contribution in [-0.4, -0.2) is 48.6 Å². The lowest BCUT2D eigenvalue weighted by Gasteiger charge is -2.41. The molecule has 2 fully saturated rings. The molecule has 1 saturated carbocycles. The maximum atomic E-state index is 3.86. The van der Waals surface area contributed by atoms with Crippen LogP contribution in [0.3, 0.4) is 0 Å². The van der Waals surface area contributed by atoms with Crippen molar-refractivity contribution in [2.45, 2.75) is 51.1 Å². The van der Waals surface area contributed by atoms with Gasteiger partial charge in [0.2, 0.25) is 0 Å². The zero-order chi connectivity index (χ0) is 12.1. The fraction of sp³-hybridized carbons (Fsp3) is 1.00. The molecule has 2 atom stereocenters. The van der Waals surface area contributed by atoms with Crippen molar-refractivity contribution >= 4 is 11.8 Å². The standard InChI is InChI=1S/C14H28N2S/c1-3-8-15-14(12-6-4-5-7-12)13-11-17-10-9-16(13)2/h12-15H,3-11H2,1-2H3. The lowest BCUT2D eigenvalue weighted by Crippen LogP contribution is -2.55. The minimum Gasteiger partial charge on any atom is -0.312 e. The van der Waals surface area contributed by atoms with Gasteiger partial charge in [-0.15, -0.1) is 0 Å². The molecule has 3 heteroatoms. The third-order valence-corrected chi connectivity index (χ3v) is 5.44. The summed E-state index contributed by atoms with van der Waals surface area (Å²) in [6, 6.07) is 1.51. The molecule has 1 N–H and O–H groups in total. The number of likely N-dealkylation sites (N-methyl/N-ethyl adjacent to an activating group) is 1. The van der Waals surface area contributed by atoms with E-state index < -0.39 is 0 Å². The van der Waals surface area contributed by atoms with E-state index in [1.807, 2.05) is 0 Å². The average Bonchev–Trinajstić information content (AvgIpc) is 2.85. The summed E-state index contributed by atoms with van der Waals surface area (Å²) in [6.07, 6.45) is 7.08. The van der Waals surface area contributed by atoms with E-state index in [9.17, 15) is 0 Å². The van der Waals surface area contributed by atoms with Gasteiger partial charge in [-0.05, 0) is 38.8 Å². The van der Waals surface area contributed by atoms with Crippen LogP contribution < -0.4 is 5.32 Å². The van der Waals surface area contributed by atoms with Crippen LogP contribution in [0, 0.1) is 5.92 Å². The van der Waals surface area contributed by atoms with Gasteiger partial charge in [-0.3, -0.25) is 0 Å². The van der Waals surface area contributed by atoms with Gasteiger partial charge in [0.05, 0.1) is 0 Å². The molecule has 2 aliphatic rings. The van der Waals surface area contributed by atoms with Crippen molar-refractivity contribution in [3.8, 4) is 0 Å². The van der Waals surface area contributed by atoms with Crippen molar-refractivity contribution in [1.82, 2.24) is 10.2 Å². The molecule has 0 bridgehead atoms. The predicted molar refractivity (Wildman–Crippen MR) is 77.8 cm³/mol. The number of nitrogens with one attached hydrogen (secondary N) is 1. The molecule has 0 amide bonds. The Labute approximate surface area is 111 Å². The quantitative estimate of drug-likeness (QED) is 0.814. The van der Waals surface area contributed by atoms with Crippen molar-refractivity contribution < 1.29 is 0 Å². The molecule has 1 heterocycles. The van der Waals surface area contributed by atoms with Crippen molar-refractivity contribution in [3.63, 3.8) is 0 Å². The highest BCUT2D eigenvalue weighted by Gasteiger charge is 2.34. The number of rotatable bonds is 5. The fourth-order valence-electron chi connectivity index (χ4n) is 3.33. The second-order valence-corrected chi connectivity index (χ2v) is 6.80. The number of hydrogen-bond acceptors (Lipinski definition) is 3. The van der Waals surface area contributed by atoms with Crippen LogP contribution in [0.4, 0.5) is 0 Å². The Morgan fingerprint density at radius 3 is 2.76 bits per heavy atom. The molecule has 0 aromatic carbocycles. The van der Waals surface area contributed by atoms with Gasteiger partial charge >= 0.3 is 0 Å². The second-order valence-electron chi connectivity index (χ2n) is 5.65. The molecule has 1 saturated heterocycles. The largest absolute Gasteiger partial charge is 0.312 e. The molecule has 100 valence electrons. The van der Waals surface area contributed by atoms with Gasteiger partial charge in [-0.2, -0.15) is 11.8 Å². The Morgan fingerprint density at radius 2 is 2.12 bits per heavy atom. The van der Waals surface area contributed by atoms with Gasteiger partial charge in [0.15, 0.2) is 0 Å². The molecule has 17 heavy (non-hydrogen) atoms. The van der Waals surface area contributed by atoms with Crippen molar-refractivity contribution in [3.05, 3.63) is 0 Å². The molecule has 1 aliphatic carbocycles. The van der Waals surface area contributed by atoms with E-state index >= 15 is 0 Å². The lowest BCUT2D eigenvalue weighted by atomic mass is 9.91. The number of nitrogens with zero attached hydrogens (tertiary/aromatic N) is 1. The SMILES string of the molecule is CCCNC(C1CCCC1)C1CSCCN1C. The summed E-state index contributed by atoms with van der Waals surface area (Å²) < 4.78 is 0. The molecule has 0 radical (unpaired) electrons. The maximum absolute atomic E-state index is 3.86. The summed E-state index contributed by atoms with van der Waals surface area (Å²) in [6.45, 7) is 4.74. The van der Waals surface area contributed by atoms with E-state index in [1.54, 1.807) is 0 Å². The summed E-state index contributed by atoms with van der Waals surface area (Å²) in [5.74, 6) is 3.58. The first-order valence-electron chi connectivity index (χ1n) is 7.34. The fourth-order valence-corrected chi connectivity index (χ4v) is 4.61. The van der Waals surface area contributed by atoms with E-state index in [1.165, 1.54) is 56.7 Å². The van der Waals surface area contributed by atoms with Crippen molar-refractivity contribution in [2.75, 3.05) is 31.6 Å². The Balaban J connectivity index is 1.96. The third kappa shape index (κ3) is 3.62. The number of thioether (sulfide) groups is 1. The first-order chi connectivity index (χ1) is 8.33. The van der Waals surface area contributed by atoms with Crippen LogP contribution in [0.5, 0.6) is 0 Å². The van der Waals surface area contributed by atoms with Gasteiger partial charge in [0.25, 0.3) is 0 Å². The second kappa shape index (κ2) is 7.01. The zero-order valence-electron chi connectivity index (χ0n) is 11.5. The van der Waals surface area contributed by atoms with Gasteiger partial charge in [0.1, 0.15) is 0 Å². The van der Waals surface area contributed by atoms with Crippen LogP contribution in [0.1, 0.15) is 39.0 Å². The highest BCUT2D eigenvalue weighted by Crippen LogP contribution is 2.32. The van der Waals surface area contributed by atoms with E-state index in [0.29, 0.717) is 0 Å². The van der Waals surface area contributed by atoms with Gasteiger partial charge in [-0.25, -0.2) is 0 Å². The smallest absolute Gasteiger partial charge is 0.0339 e. The predicted octanol–water partition coefficient (Wildman–Crippen LogP) is 2.59. The Bertz CT molecular complexity index is 216. The average molecular weight is 256 g/mol. The summed E-state index contributed by atoms with van der Waals surface area (Å²) in [7, 11) is 2.32. The Hall–Kier alpha value is 0.270. The van der Waals surface area contributed by atoms with E-state index in [0.717, 1.165) is 18.0 Å². The van der Waals surface area contributed by atoms with E-state index in [4.69, 9.17) is 0 Å². The molecular formula is C14H28N2S. The molecule has 1 aliphatic heterocycles. The van der Waals surface area contributed by atoms with Crippen molar-refractivity contribution in [1.29, 1.82) is 0 Å². The van der Waals surface area contributed by atoms with E-state index in [-0.39, 0.29) is 0 Å². The van der Waals surface area contributed by atoms with Gasteiger partial charge in [-0.1, -0.05) is 19.8 Å². The monoisotopic (exact) mass is 256 g/mol. The molecule has 2 rings (SSSR count). The van der Waals surface area contributed by atoms with E-state index in [2.05, 4.69) is 35.9 Å². The number of hydrogen-bond donors (Lipinski definition) is 1. The first-order valence-corrected chi connectivity index (χ1v) is 8.49. The normalized spacial score (nSPS) is 29.6. The van der Waals surface area contributed by atoms with Crippen molar-refractivity contribution in [2.24, 2.45) is 5.92 Å². The lowest BCUT2D eigenvalue weighted by molar-refractivity contribution is 0.174. The minimum absolute atomic E-state index is 0.746. The molecular weight excluding hydrogens is 228 g/mol. The summed E-state index contributed by atoms with van der Waals surface area (Å²) in [5.41, 5.74) is 0. The van der Waals surface area contributed by atoms with Crippen LogP contribution in [-0.2, 0) is 0 Å². The molecule has 0 spiro atoms. The van der Waals surface area contributed by atoms with Crippen LogP contribution >= 0.6 is 11.8 Å². The first kappa shape index (κ1) is 13.7. The third-order valence-electron chi connectivity index (χ3n) is 4.40. The highest BCUT2D eigenvalue weighted by atomic mass is 32.2. The highest BCUT2D eigenvalue weighted by molar-refractivity contribution is 7.99. The van der Waals surface area contributed by atoms with Crippen LogP contribution in [0.25, 0.3) is 0 Å². The Kier molecular flexibility index (Phi) is 5.64. The zero-order valence-corrected chi connectivity index (χ0v) is 12.3. The van der Waals surface area contributed by atoms with Gasteiger partial charge in [0, 0.05) is 30.1 Å². The summed E-state index contributed by atoms with van der Waals surface area (Å²) in [5, 5.41) is 3.86. The summed E-state index contributed by atoms with van der Waals surface area (Å²) in [4.78, 5) is 2.60. The molecule has 0 aromatic rings. The molecule has 2 nitrogen and oxygen atoms in total.